The van der Waals surface area contributed by atoms with Crippen molar-refractivity contribution in [2.45, 2.75) is 45.6 Å². The predicted octanol–water partition coefficient (Wildman–Crippen LogP) is 1.78. The van der Waals surface area contributed by atoms with Crippen molar-refractivity contribution in [3.63, 3.8) is 0 Å². The smallest absolute Gasteiger partial charge is 0.0645 e. The monoisotopic (exact) mass is 240 g/mol. The summed E-state index contributed by atoms with van der Waals surface area (Å²) >= 11 is 0. The summed E-state index contributed by atoms with van der Waals surface area (Å²) in [7, 11) is 0. The molecule has 0 aliphatic carbocycles. The minimum absolute atomic E-state index is 0.197. The van der Waals surface area contributed by atoms with Crippen molar-refractivity contribution in [2.75, 3.05) is 32.8 Å². The fourth-order valence-electron chi connectivity index (χ4n) is 3.07. The van der Waals surface area contributed by atoms with Crippen LogP contribution in [-0.2, 0) is 4.74 Å². The van der Waals surface area contributed by atoms with Gasteiger partial charge in [-0.25, -0.2) is 0 Å². The van der Waals surface area contributed by atoms with Gasteiger partial charge in [-0.05, 0) is 44.1 Å². The number of ether oxygens (including phenoxy) is 1. The lowest BCUT2D eigenvalue weighted by Gasteiger charge is -2.40. The van der Waals surface area contributed by atoms with Crippen molar-refractivity contribution in [3.05, 3.63) is 0 Å². The number of hydrogen-bond donors (Lipinski definition) is 2. The van der Waals surface area contributed by atoms with E-state index >= 15 is 0 Å². The van der Waals surface area contributed by atoms with Gasteiger partial charge in [0.05, 0.1) is 6.61 Å². The minimum atomic E-state index is 0.197. The van der Waals surface area contributed by atoms with Gasteiger partial charge in [0.2, 0.25) is 0 Å². The van der Waals surface area contributed by atoms with E-state index in [0.29, 0.717) is 5.41 Å². The molecule has 2 N–H and O–H groups in total. The highest BCUT2D eigenvalue weighted by Crippen LogP contribution is 2.34. The topological polar surface area (TPSA) is 33.3 Å². The molecule has 0 saturated carbocycles. The van der Waals surface area contributed by atoms with Crippen LogP contribution in [0.4, 0.5) is 0 Å². The maximum absolute atomic E-state index is 5.62. The van der Waals surface area contributed by atoms with E-state index in [1.165, 1.54) is 25.8 Å². The van der Waals surface area contributed by atoms with Crippen molar-refractivity contribution >= 4 is 0 Å². The summed E-state index contributed by atoms with van der Waals surface area (Å²) in [6, 6.07) is 0. The molecule has 3 heteroatoms. The molecule has 0 aromatic carbocycles. The highest BCUT2D eigenvalue weighted by atomic mass is 16.5. The summed E-state index contributed by atoms with van der Waals surface area (Å²) in [5, 5.41) is 7.32. The first-order valence-electron chi connectivity index (χ1n) is 7.10. The standard InChI is InChI=1S/C14H28N2O/c1-12(2)14(6-7-15-9-14)10-16-13(3)5-4-8-17-11-13/h12,15-16H,4-11H2,1-3H3. The molecule has 2 atom stereocenters. The van der Waals surface area contributed by atoms with E-state index in [-0.39, 0.29) is 5.54 Å². The van der Waals surface area contributed by atoms with Gasteiger partial charge in [-0.2, -0.15) is 0 Å². The SMILES string of the molecule is CC(C)C1(CNC2(C)CCCOC2)CCNC1. The Morgan fingerprint density at radius 1 is 1.35 bits per heavy atom. The quantitative estimate of drug-likeness (QED) is 0.786. The molecular weight excluding hydrogens is 212 g/mol. The molecule has 0 bridgehead atoms. The molecule has 100 valence electrons. The van der Waals surface area contributed by atoms with Gasteiger partial charge in [0.1, 0.15) is 0 Å². The molecule has 17 heavy (non-hydrogen) atoms. The fourth-order valence-corrected chi connectivity index (χ4v) is 3.07. The van der Waals surface area contributed by atoms with Crippen molar-refractivity contribution in [1.82, 2.24) is 10.6 Å². The number of rotatable bonds is 4. The summed E-state index contributed by atoms with van der Waals surface area (Å²) in [6.07, 6.45) is 3.74. The largest absolute Gasteiger partial charge is 0.380 e. The molecular formula is C14H28N2O. The first kappa shape index (κ1) is 13.3. The Bertz CT molecular complexity index is 241. The van der Waals surface area contributed by atoms with Gasteiger partial charge in [0.25, 0.3) is 0 Å². The number of hydrogen-bond acceptors (Lipinski definition) is 3. The third-order valence-electron chi connectivity index (χ3n) is 4.81. The Kier molecular flexibility index (Phi) is 4.11. The molecule has 2 saturated heterocycles. The van der Waals surface area contributed by atoms with Gasteiger partial charge in [0, 0.05) is 25.2 Å². The summed E-state index contributed by atoms with van der Waals surface area (Å²) < 4.78 is 5.62. The van der Waals surface area contributed by atoms with Crippen molar-refractivity contribution in [1.29, 1.82) is 0 Å². The van der Waals surface area contributed by atoms with E-state index in [9.17, 15) is 0 Å². The molecule has 2 fully saturated rings. The van der Waals surface area contributed by atoms with Gasteiger partial charge >= 0.3 is 0 Å². The average Bonchev–Trinajstić information content (AvgIpc) is 2.78. The van der Waals surface area contributed by atoms with E-state index in [0.717, 1.165) is 32.2 Å². The van der Waals surface area contributed by atoms with E-state index in [1.807, 2.05) is 0 Å². The van der Waals surface area contributed by atoms with Crippen molar-refractivity contribution in [3.8, 4) is 0 Å². The highest BCUT2D eigenvalue weighted by molar-refractivity contribution is 4.95. The van der Waals surface area contributed by atoms with Crippen molar-refractivity contribution < 1.29 is 4.74 Å². The van der Waals surface area contributed by atoms with Crippen LogP contribution >= 0.6 is 0 Å². The maximum atomic E-state index is 5.62. The Balaban J connectivity index is 1.90. The molecule has 0 aromatic heterocycles. The van der Waals surface area contributed by atoms with Crippen molar-refractivity contribution in [2.24, 2.45) is 11.3 Å². The van der Waals surface area contributed by atoms with Crippen LogP contribution in [0.25, 0.3) is 0 Å². The number of nitrogens with one attached hydrogen (secondary N) is 2. The van der Waals surface area contributed by atoms with Gasteiger partial charge in [-0.1, -0.05) is 13.8 Å². The van der Waals surface area contributed by atoms with Crippen LogP contribution in [0.15, 0.2) is 0 Å². The lowest BCUT2D eigenvalue weighted by atomic mass is 9.75. The molecule has 3 nitrogen and oxygen atoms in total. The van der Waals surface area contributed by atoms with Gasteiger partial charge < -0.3 is 15.4 Å². The van der Waals surface area contributed by atoms with Gasteiger partial charge in [-0.3, -0.25) is 0 Å². The van der Waals surface area contributed by atoms with E-state index < -0.39 is 0 Å². The molecule has 0 aromatic rings. The minimum Gasteiger partial charge on any atom is -0.380 e. The molecule has 2 rings (SSSR count). The zero-order chi connectivity index (χ0) is 12.4. The second-order valence-electron chi connectivity index (χ2n) is 6.51. The second-order valence-corrected chi connectivity index (χ2v) is 6.51. The van der Waals surface area contributed by atoms with Crippen LogP contribution in [0.2, 0.25) is 0 Å². The molecule has 2 aliphatic heterocycles. The van der Waals surface area contributed by atoms with E-state index in [1.54, 1.807) is 0 Å². The van der Waals surface area contributed by atoms with Gasteiger partial charge in [0.15, 0.2) is 0 Å². The zero-order valence-corrected chi connectivity index (χ0v) is 11.6. The molecule has 0 spiro atoms. The van der Waals surface area contributed by atoms with Crippen LogP contribution in [0, 0.1) is 11.3 Å². The van der Waals surface area contributed by atoms with E-state index in [4.69, 9.17) is 4.74 Å². The lowest BCUT2D eigenvalue weighted by Crippen LogP contribution is -2.54. The lowest BCUT2D eigenvalue weighted by molar-refractivity contribution is 0.0208. The fraction of sp³-hybridized carbons (Fsp3) is 1.00. The average molecular weight is 240 g/mol. The Morgan fingerprint density at radius 3 is 2.71 bits per heavy atom. The first-order valence-corrected chi connectivity index (χ1v) is 7.10. The van der Waals surface area contributed by atoms with Gasteiger partial charge in [-0.15, -0.1) is 0 Å². The molecule has 2 unspecified atom stereocenters. The summed E-state index contributed by atoms with van der Waals surface area (Å²) in [5.74, 6) is 0.734. The Morgan fingerprint density at radius 2 is 2.18 bits per heavy atom. The third kappa shape index (κ3) is 3.01. The van der Waals surface area contributed by atoms with E-state index in [2.05, 4.69) is 31.4 Å². The normalized spacial score (nSPS) is 38.8. The Labute approximate surface area is 106 Å². The summed E-state index contributed by atoms with van der Waals surface area (Å²) in [4.78, 5) is 0. The van der Waals surface area contributed by atoms with Crippen LogP contribution in [0.5, 0.6) is 0 Å². The molecule has 0 amide bonds. The predicted molar refractivity (Wildman–Crippen MR) is 71.2 cm³/mol. The van der Waals surface area contributed by atoms with Crippen LogP contribution in [-0.4, -0.2) is 38.4 Å². The first-order chi connectivity index (χ1) is 8.06. The zero-order valence-electron chi connectivity index (χ0n) is 11.6. The summed E-state index contributed by atoms with van der Waals surface area (Å²) in [6.45, 7) is 12.3. The molecule has 0 radical (unpaired) electrons. The second kappa shape index (κ2) is 5.25. The highest BCUT2D eigenvalue weighted by Gasteiger charge is 2.39. The molecule has 2 heterocycles. The van der Waals surface area contributed by atoms with Crippen LogP contribution in [0.3, 0.4) is 0 Å². The third-order valence-corrected chi connectivity index (χ3v) is 4.81. The molecule has 2 aliphatic rings. The summed E-state index contributed by atoms with van der Waals surface area (Å²) in [5.41, 5.74) is 0.642. The van der Waals surface area contributed by atoms with Crippen LogP contribution < -0.4 is 10.6 Å². The maximum Gasteiger partial charge on any atom is 0.0645 e. The Hall–Kier alpha value is -0.120. The van der Waals surface area contributed by atoms with Crippen LogP contribution in [0.1, 0.15) is 40.0 Å².